The van der Waals surface area contributed by atoms with E-state index in [1.165, 1.54) is 0 Å². The molecule has 0 unspecified atom stereocenters. The van der Waals surface area contributed by atoms with E-state index in [9.17, 15) is 4.79 Å². The number of hydrogen-bond donors (Lipinski definition) is 1. The molecule has 0 atom stereocenters. The second kappa shape index (κ2) is 5.88. The first-order valence-electron chi connectivity index (χ1n) is 4.95. The van der Waals surface area contributed by atoms with Crippen LogP contribution in [0.15, 0.2) is 28.7 Å². The largest absolute Gasteiger partial charge is 0.330 e. The van der Waals surface area contributed by atoms with Crippen LogP contribution in [0.1, 0.15) is 13.3 Å². The summed E-state index contributed by atoms with van der Waals surface area (Å²) in [6, 6.07) is 7.68. The standard InChI is InChI=1S/C11H15BrN2O/c1-2-14(11(15)7-8-13)10-6-4-3-5-9(10)12/h3-6H,2,7-8,13H2,1H3. The number of hydrogen-bond acceptors (Lipinski definition) is 2. The summed E-state index contributed by atoms with van der Waals surface area (Å²) in [6.45, 7) is 3.00. The summed E-state index contributed by atoms with van der Waals surface area (Å²) in [6.07, 6.45) is 0.384. The molecule has 0 radical (unpaired) electrons. The summed E-state index contributed by atoms with van der Waals surface area (Å²) in [5.74, 6) is 0.0619. The van der Waals surface area contributed by atoms with Gasteiger partial charge in [0.25, 0.3) is 0 Å². The van der Waals surface area contributed by atoms with Crippen molar-refractivity contribution in [2.75, 3.05) is 18.0 Å². The lowest BCUT2D eigenvalue weighted by molar-refractivity contribution is -0.118. The van der Waals surface area contributed by atoms with Crippen LogP contribution in [-0.4, -0.2) is 19.0 Å². The Kier molecular flexibility index (Phi) is 4.78. The maximum atomic E-state index is 11.8. The van der Waals surface area contributed by atoms with Crippen LogP contribution in [0.3, 0.4) is 0 Å². The number of nitrogens with two attached hydrogens (primary N) is 1. The molecule has 1 rings (SSSR count). The van der Waals surface area contributed by atoms with Gasteiger partial charge in [0, 0.05) is 24.0 Å². The third-order valence-electron chi connectivity index (χ3n) is 2.12. The molecule has 0 aliphatic carbocycles. The van der Waals surface area contributed by atoms with Crippen LogP contribution in [0.25, 0.3) is 0 Å². The highest BCUT2D eigenvalue weighted by Gasteiger charge is 2.14. The van der Waals surface area contributed by atoms with Crippen LogP contribution >= 0.6 is 15.9 Å². The molecule has 82 valence electrons. The first kappa shape index (κ1) is 12.2. The molecule has 0 aliphatic rings. The van der Waals surface area contributed by atoms with Gasteiger partial charge in [0.05, 0.1) is 5.69 Å². The summed E-state index contributed by atoms with van der Waals surface area (Å²) >= 11 is 3.43. The molecule has 0 aliphatic heterocycles. The van der Waals surface area contributed by atoms with Crippen molar-refractivity contribution in [3.05, 3.63) is 28.7 Å². The number of para-hydroxylation sites is 1. The molecule has 1 aromatic rings. The van der Waals surface area contributed by atoms with E-state index >= 15 is 0 Å². The number of amides is 1. The Hall–Kier alpha value is -0.870. The SMILES string of the molecule is CCN(C(=O)CCN)c1ccccc1Br. The molecule has 0 spiro atoms. The third kappa shape index (κ3) is 3.04. The Morgan fingerprint density at radius 1 is 1.47 bits per heavy atom. The van der Waals surface area contributed by atoms with Crippen molar-refractivity contribution in [1.82, 2.24) is 0 Å². The summed E-state index contributed by atoms with van der Waals surface area (Å²) in [7, 11) is 0. The van der Waals surface area contributed by atoms with Crippen LogP contribution in [0.2, 0.25) is 0 Å². The minimum Gasteiger partial charge on any atom is -0.330 e. The van der Waals surface area contributed by atoms with Crippen LogP contribution in [0.5, 0.6) is 0 Å². The molecule has 3 nitrogen and oxygen atoms in total. The number of halogens is 1. The first-order valence-corrected chi connectivity index (χ1v) is 5.75. The van der Waals surface area contributed by atoms with Gasteiger partial charge in [-0.3, -0.25) is 4.79 Å². The third-order valence-corrected chi connectivity index (χ3v) is 2.79. The fourth-order valence-electron chi connectivity index (χ4n) is 1.41. The maximum absolute atomic E-state index is 11.8. The van der Waals surface area contributed by atoms with E-state index < -0.39 is 0 Å². The van der Waals surface area contributed by atoms with E-state index in [4.69, 9.17) is 5.73 Å². The molecule has 15 heavy (non-hydrogen) atoms. The van der Waals surface area contributed by atoms with E-state index in [2.05, 4.69) is 15.9 Å². The molecule has 0 heterocycles. The Labute approximate surface area is 98.4 Å². The predicted molar refractivity (Wildman–Crippen MR) is 65.8 cm³/mol. The summed E-state index contributed by atoms with van der Waals surface area (Å²) in [5, 5.41) is 0. The van der Waals surface area contributed by atoms with Crippen molar-refractivity contribution < 1.29 is 4.79 Å². The number of carbonyl (C=O) groups excluding carboxylic acids is 1. The van der Waals surface area contributed by atoms with Crippen molar-refractivity contribution in [3.8, 4) is 0 Å². The van der Waals surface area contributed by atoms with Crippen molar-refractivity contribution in [2.24, 2.45) is 5.73 Å². The molecular formula is C11H15BrN2O. The summed E-state index contributed by atoms with van der Waals surface area (Å²) in [5.41, 5.74) is 6.28. The van der Waals surface area contributed by atoms with Gasteiger partial charge < -0.3 is 10.6 Å². The van der Waals surface area contributed by atoms with Gasteiger partial charge in [0.1, 0.15) is 0 Å². The number of carbonyl (C=O) groups is 1. The number of anilines is 1. The quantitative estimate of drug-likeness (QED) is 0.912. The normalized spacial score (nSPS) is 10.1. The Balaban J connectivity index is 2.92. The molecule has 1 aromatic carbocycles. The van der Waals surface area contributed by atoms with E-state index in [-0.39, 0.29) is 5.91 Å². The van der Waals surface area contributed by atoms with E-state index in [0.29, 0.717) is 19.5 Å². The second-order valence-corrected chi connectivity index (χ2v) is 3.98. The summed E-state index contributed by atoms with van der Waals surface area (Å²) < 4.78 is 0.928. The maximum Gasteiger partial charge on any atom is 0.228 e. The van der Waals surface area contributed by atoms with Crippen LogP contribution in [-0.2, 0) is 4.79 Å². The highest BCUT2D eigenvalue weighted by Crippen LogP contribution is 2.25. The molecule has 2 N–H and O–H groups in total. The van der Waals surface area contributed by atoms with Crippen LogP contribution < -0.4 is 10.6 Å². The molecule has 4 heteroatoms. The second-order valence-electron chi connectivity index (χ2n) is 3.13. The van der Waals surface area contributed by atoms with Gasteiger partial charge in [0.2, 0.25) is 5.91 Å². The Morgan fingerprint density at radius 3 is 2.67 bits per heavy atom. The van der Waals surface area contributed by atoms with Gasteiger partial charge in [0.15, 0.2) is 0 Å². The zero-order valence-corrected chi connectivity index (χ0v) is 10.3. The van der Waals surface area contributed by atoms with Gasteiger partial charge in [-0.25, -0.2) is 0 Å². The molecule has 0 saturated carbocycles. The summed E-state index contributed by atoms with van der Waals surface area (Å²) in [4.78, 5) is 13.5. The highest BCUT2D eigenvalue weighted by molar-refractivity contribution is 9.10. The molecule has 0 saturated heterocycles. The van der Waals surface area contributed by atoms with Gasteiger partial charge in [-0.1, -0.05) is 12.1 Å². The number of nitrogens with zero attached hydrogens (tertiary/aromatic N) is 1. The fraction of sp³-hybridized carbons (Fsp3) is 0.364. The van der Waals surface area contributed by atoms with Crippen molar-refractivity contribution >= 4 is 27.5 Å². The molecule has 0 aromatic heterocycles. The zero-order valence-electron chi connectivity index (χ0n) is 8.74. The number of rotatable bonds is 4. The number of benzene rings is 1. The van der Waals surface area contributed by atoms with Gasteiger partial charge >= 0.3 is 0 Å². The minimum atomic E-state index is 0.0619. The predicted octanol–water partition coefficient (Wildman–Crippen LogP) is 2.15. The van der Waals surface area contributed by atoms with Crippen molar-refractivity contribution in [1.29, 1.82) is 0 Å². The van der Waals surface area contributed by atoms with Crippen molar-refractivity contribution in [3.63, 3.8) is 0 Å². The van der Waals surface area contributed by atoms with E-state index in [1.807, 2.05) is 31.2 Å². The monoisotopic (exact) mass is 270 g/mol. The Morgan fingerprint density at radius 2 is 2.13 bits per heavy atom. The zero-order chi connectivity index (χ0) is 11.3. The minimum absolute atomic E-state index is 0.0619. The van der Waals surface area contributed by atoms with Gasteiger partial charge in [-0.15, -0.1) is 0 Å². The van der Waals surface area contributed by atoms with Crippen LogP contribution in [0, 0.1) is 0 Å². The highest BCUT2D eigenvalue weighted by atomic mass is 79.9. The van der Waals surface area contributed by atoms with Gasteiger partial charge in [-0.05, 0) is 35.0 Å². The van der Waals surface area contributed by atoms with Gasteiger partial charge in [-0.2, -0.15) is 0 Å². The topological polar surface area (TPSA) is 46.3 Å². The fourth-order valence-corrected chi connectivity index (χ4v) is 1.91. The average Bonchev–Trinajstić information content (AvgIpc) is 2.22. The molecule has 0 fully saturated rings. The lowest BCUT2D eigenvalue weighted by Crippen LogP contribution is -2.32. The Bertz CT molecular complexity index is 341. The molecule has 1 amide bonds. The van der Waals surface area contributed by atoms with E-state index in [0.717, 1.165) is 10.2 Å². The lowest BCUT2D eigenvalue weighted by Gasteiger charge is -2.22. The average molecular weight is 271 g/mol. The molecular weight excluding hydrogens is 256 g/mol. The molecule has 0 bridgehead atoms. The van der Waals surface area contributed by atoms with E-state index in [1.54, 1.807) is 4.90 Å². The van der Waals surface area contributed by atoms with Crippen molar-refractivity contribution in [2.45, 2.75) is 13.3 Å². The van der Waals surface area contributed by atoms with Crippen LogP contribution in [0.4, 0.5) is 5.69 Å². The smallest absolute Gasteiger partial charge is 0.228 e. The lowest BCUT2D eigenvalue weighted by atomic mass is 10.2. The first-order chi connectivity index (χ1) is 7.20.